The third kappa shape index (κ3) is 2.39. The van der Waals surface area contributed by atoms with Crippen LogP contribution in [0.5, 0.6) is 5.88 Å². The fraction of sp³-hybridized carbons (Fsp3) is 0.667. The van der Waals surface area contributed by atoms with Gasteiger partial charge in [0.1, 0.15) is 10.7 Å². The fourth-order valence-corrected chi connectivity index (χ4v) is 2.51. The summed E-state index contributed by atoms with van der Waals surface area (Å²) in [4.78, 5) is 11.9. The number of aryl methyl sites for hydroxylation is 1. The lowest BCUT2D eigenvalue weighted by atomic mass is 10.0. The Morgan fingerprint density at radius 2 is 2.39 bits per heavy atom. The van der Waals surface area contributed by atoms with Gasteiger partial charge in [0.2, 0.25) is 5.88 Å². The molecule has 0 bridgehead atoms. The molecule has 0 aromatic carbocycles. The topological polar surface area (TPSA) is 53.3 Å². The summed E-state index contributed by atoms with van der Waals surface area (Å²) in [5.74, 6) is 0.530. The Hall–Kier alpha value is -1.04. The molecule has 1 aromatic heterocycles. The van der Waals surface area contributed by atoms with Gasteiger partial charge in [0.05, 0.1) is 6.61 Å². The summed E-state index contributed by atoms with van der Waals surface area (Å²) in [6.07, 6.45) is 1.02. The molecule has 0 radical (unpaired) electrons. The van der Waals surface area contributed by atoms with Crippen LogP contribution >= 0.6 is 15.9 Å². The molecule has 0 fully saturated rings. The number of nitrogens with zero attached hydrogens (tertiary/aromatic N) is 2. The first-order valence-electron chi connectivity index (χ1n) is 6.14. The minimum Gasteiger partial charge on any atom is -0.474 e. The van der Waals surface area contributed by atoms with Gasteiger partial charge < -0.3 is 9.47 Å². The number of carbonyl (C=O) groups excluding carboxylic acids is 1. The summed E-state index contributed by atoms with van der Waals surface area (Å²) in [5, 5.41) is 4.26. The highest BCUT2D eigenvalue weighted by molar-refractivity contribution is 9.10. The van der Waals surface area contributed by atoms with Gasteiger partial charge in [-0.15, -0.1) is 0 Å². The van der Waals surface area contributed by atoms with Crippen molar-refractivity contribution in [2.75, 3.05) is 6.61 Å². The molecule has 0 amide bonds. The lowest BCUT2D eigenvalue weighted by molar-refractivity contribution is 0.0500. The Morgan fingerprint density at radius 3 is 3.00 bits per heavy atom. The Morgan fingerprint density at radius 1 is 1.67 bits per heavy atom. The number of hydrogen-bond acceptors (Lipinski definition) is 4. The number of ether oxygens (including phenoxy) is 2. The lowest BCUT2D eigenvalue weighted by Crippen LogP contribution is -2.31. The van der Waals surface area contributed by atoms with Gasteiger partial charge in [-0.05, 0) is 28.8 Å². The van der Waals surface area contributed by atoms with Crippen molar-refractivity contribution in [3.63, 3.8) is 0 Å². The van der Waals surface area contributed by atoms with Crippen LogP contribution in [0.15, 0.2) is 4.60 Å². The van der Waals surface area contributed by atoms with E-state index in [9.17, 15) is 4.79 Å². The van der Waals surface area contributed by atoms with E-state index in [1.54, 1.807) is 11.6 Å². The zero-order chi connectivity index (χ0) is 13.3. The molecular weight excluding hydrogens is 300 g/mol. The summed E-state index contributed by atoms with van der Waals surface area (Å²) < 4.78 is 13.1. The van der Waals surface area contributed by atoms with Crippen LogP contribution in [0.2, 0.25) is 0 Å². The predicted molar refractivity (Wildman–Crippen MR) is 69.8 cm³/mol. The molecule has 1 aromatic rings. The largest absolute Gasteiger partial charge is 0.474 e. The first kappa shape index (κ1) is 13.4. The van der Waals surface area contributed by atoms with Crippen molar-refractivity contribution in [1.82, 2.24) is 9.78 Å². The van der Waals surface area contributed by atoms with Gasteiger partial charge >= 0.3 is 5.97 Å². The smallest absolute Gasteiger partial charge is 0.346 e. The van der Waals surface area contributed by atoms with Crippen molar-refractivity contribution in [2.24, 2.45) is 5.92 Å². The molecule has 0 N–H and O–H groups in total. The highest BCUT2D eigenvalue weighted by Crippen LogP contribution is 2.33. The second kappa shape index (κ2) is 5.30. The Kier molecular flexibility index (Phi) is 3.94. The van der Waals surface area contributed by atoms with Gasteiger partial charge in [-0.2, -0.15) is 5.10 Å². The van der Waals surface area contributed by atoms with Crippen LogP contribution in [0.4, 0.5) is 0 Å². The van der Waals surface area contributed by atoms with Crippen molar-refractivity contribution in [2.45, 2.75) is 39.8 Å². The second-order valence-electron chi connectivity index (χ2n) is 4.60. The zero-order valence-corrected chi connectivity index (χ0v) is 12.4. The Labute approximate surface area is 115 Å². The van der Waals surface area contributed by atoms with E-state index in [4.69, 9.17) is 9.47 Å². The third-order valence-electron chi connectivity index (χ3n) is 2.97. The van der Waals surface area contributed by atoms with E-state index in [1.165, 1.54) is 0 Å². The molecule has 5 nitrogen and oxygen atoms in total. The summed E-state index contributed by atoms with van der Waals surface area (Å²) in [6.45, 7) is 7.09. The first-order valence-corrected chi connectivity index (χ1v) is 6.94. The lowest BCUT2D eigenvalue weighted by Gasteiger charge is -2.27. The molecule has 0 spiro atoms. The van der Waals surface area contributed by atoms with E-state index in [2.05, 4.69) is 34.9 Å². The third-order valence-corrected chi connectivity index (χ3v) is 3.53. The van der Waals surface area contributed by atoms with Crippen LogP contribution in [-0.4, -0.2) is 28.5 Å². The number of rotatable bonds is 3. The first-order chi connectivity index (χ1) is 8.54. The van der Waals surface area contributed by atoms with E-state index in [-0.39, 0.29) is 6.10 Å². The maximum absolute atomic E-state index is 11.9. The van der Waals surface area contributed by atoms with Crippen LogP contribution in [-0.2, 0) is 11.3 Å². The maximum Gasteiger partial charge on any atom is 0.346 e. The van der Waals surface area contributed by atoms with Crippen molar-refractivity contribution < 1.29 is 14.3 Å². The number of halogens is 1. The molecule has 0 aliphatic carbocycles. The molecular formula is C12H17BrN2O3. The number of aromatic nitrogens is 2. The molecule has 1 aliphatic rings. The summed E-state index contributed by atoms with van der Waals surface area (Å²) in [5.41, 5.74) is 0.391. The van der Waals surface area contributed by atoms with Crippen LogP contribution in [0.1, 0.15) is 37.6 Å². The quantitative estimate of drug-likeness (QED) is 0.804. The normalized spacial score (nSPS) is 18.4. The number of carbonyl (C=O) groups is 1. The van der Waals surface area contributed by atoms with Gasteiger partial charge in [0, 0.05) is 13.0 Å². The zero-order valence-electron chi connectivity index (χ0n) is 10.8. The maximum atomic E-state index is 11.9. The highest BCUT2D eigenvalue weighted by Gasteiger charge is 2.31. The van der Waals surface area contributed by atoms with Gasteiger partial charge in [0.25, 0.3) is 0 Å². The summed E-state index contributed by atoms with van der Waals surface area (Å²) >= 11 is 3.29. The molecule has 18 heavy (non-hydrogen) atoms. The van der Waals surface area contributed by atoms with E-state index in [0.29, 0.717) is 28.6 Å². The van der Waals surface area contributed by atoms with E-state index >= 15 is 0 Å². The molecule has 0 saturated heterocycles. The predicted octanol–water partition coefficient (Wildman–Crippen LogP) is 2.63. The van der Waals surface area contributed by atoms with Crippen LogP contribution in [0.25, 0.3) is 0 Å². The van der Waals surface area contributed by atoms with Crippen molar-refractivity contribution >= 4 is 21.9 Å². The average Bonchev–Trinajstić information content (AvgIpc) is 2.63. The van der Waals surface area contributed by atoms with Gasteiger partial charge in [-0.25, -0.2) is 9.48 Å². The van der Waals surface area contributed by atoms with E-state index < -0.39 is 5.97 Å². The monoisotopic (exact) mass is 316 g/mol. The highest BCUT2D eigenvalue weighted by atomic mass is 79.9. The molecule has 0 saturated carbocycles. The fourth-order valence-electron chi connectivity index (χ4n) is 1.99. The van der Waals surface area contributed by atoms with Crippen LogP contribution in [0, 0.1) is 5.92 Å². The van der Waals surface area contributed by atoms with Gasteiger partial charge in [0.15, 0.2) is 5.56 Å². The molecule has 6 heteroatoms. The van der Waals surface area contributed by atoms with Crippen LogP contribution < -0.4 is 4.74 Å². The number of hydrogen-bond donors (Lipinski definition) is 0. The SMILES string of the molecule is CCOC(=O)c1c(Br)nn2c1OC(C(C)C)CC2. The number of fused-ring (bicyclic) bond motifs is 1. The minimum atomic E-state index is -0.393. The van der Waals surface area contributed by atoms with Crippen molar-refractivity contribution in [1.29, 1.82) is 0 Å². The Bertz CT molecular complexity index is 456. The van der Waals surface area contributed by atoms with Crippen LogP contribution in [0.3, 0.4) is 0 Å². The molecule has 1 aliphatic heterocycles. The standard InChI is InChI=1S/C12H17BrN2O3/c1-4-17-12(16)9-10(13)14-15-6-5-8(7(2)3)18-11(9)15/h7-8H,4-6H2,1-3H3. The Balaban J connectivity index is 2.32. The summed E-state index contributed by atoms with van der Waals surface area (Å²) in [6, 6.07) is 0. The minimum absolute atomic E-state index is 0.120. The van der Waals surface area contributed by atoms with Crippen molar-refractivity contribution in [3.05, 3.63) is 10.2 Å². The van der Waals surface area contributed by atoms with Crippen molar-refractivity contribution in [3.8, 4) is 5.88 Å². The van der Waals surface area contributed by atoms with Gasteiger partial charge in [-0.1, -0.05) is 13.8 Å². The van der Waals surface area contributed by atoms with Gasteiger partial charge in [-0.3, -0.25) is 0 Å². The number of esters is 1. The second-order valence-corrected chi connectivity index (χ2v) is 5.35. The molecule has 100 valence electrons. The average molecular weight is 317 g/mol. The molecule has 2 rings (SSSR count). The van der Waals surface area contributed by atoms with E-state index in [0.717, 1.165) is 13.0 Å². The van der Waals surface area contributed by atoms with E-state index in [1.807, 2.05) is 0 Å². The summed E-state index contributed by atoms with van der Waals surface area (Å²) in [7, 11) is 0. The molecule has 1 unspecified atom stereocenters. The molecule has 2 heterocycles. The molecule has 1 atom stereocenters.